The van der Waals surface area contributed by atoms with E-state index in [2.05, 4.69) is 43.5 Å². The zero-order chi connectivity index (χ0) is 20.7. The summed E-state index contributed by atoms with van der Waals surface area (Å²) in [6, 6.07) is 7.01. The van der Waals surface area contributed by atoms with Crippen LogP contribution in [0.15, 0.2) is 18.2 Å². The monoisotopic (exact) mass is 464 g/mol. The molecule has 1 nitrogen and oxygen atoms in total. The van der Waals surface area contributed by atoms with E-state index in [0.717, 1.165) is 0 Å². The van der Waals surface area contributed by atoms with Gasteiger partial charge in [0.05, 0.1) is 0 Å². The van der Waals surface area contributed by atoms with Gasteiger partial charge >= 0.3 is 135 Å². The van der Waals surface area contributed by atoms with Gasteiger partial charge in [-0.25, -0.2) is 0 Å². The van der Waals surface area contributed by atoms with Crippen molar-refractivity contribution >= 4 is 24.3 Å². The molecule has 1 aromatic heterocycles. The third kappa shape index (κ3) is 9.84. The summed E-state index contributed by atoms with van der Waals surface area (Å²) in [4.78, 5) is 0. The van der Waals surface area contributed by atoms with Crippen molar-refractivity contribution in [1.82, 2.24) is 0 Å². The van der Waals surface area contributed by atoms with Gasteiger partial charge in [0, 0.05) is 0 Å². The van der Waals surface area contributed by atoms with Crippen molar-refractivity contribution in [3.63, 3.8) is 0 Å². The minimum absolute atomic E-state index is 0.554. The maximum absolute atomic E-state index is 2.60. The van der Waals surface area contributed by atoms with Crippen LogP contribution in [0.4, 0.5) is 0 Å². The summed E-state index contributed by atoms with van der Waals surface area (Å²) in [5.41, 5.74) is 2.90. The SMILES string of the molecule is CCCCCCCCCCCCCCCCCC[n+]1c(C)[se]c2ccc(C)cc21. The molecule has 29 heavy (non-hydrogen) atoms. The Morgan fingerprint density at radius 1 is 0.655 bits per heavy atom. The van der Waals surface area contributed by atoms with Gasteiger partial charge in [0.1, 0.15) is 0 Å². The molecule has 2 rings (SSSR count). The van der Waals surface area contributed by atoms with Crippen molar-refractivity contribution in [1.29, 1.82) is 0 Å². The van der Waals surface area contributed by atoms with Crippen LogP contribution in [0.3, 0.4) is 0 Å². The van der Waals surface area contributed by atoms with Crippen molar-refractivity contribution in [3.05, 3.63) is 28.3 Å². The fourth-order valence-electron chi connectivity index (χ4n) is 4.40. The van der Waals surface area contributed by atoms with Gasteiger partial charge in [-0.2, -0.15) is 0 Å². The molecule has 0 saturated heterocycles. The van der Waals surface area contributed by atoms with E-state index in [9.17, 15) is 0 Å². The number of hydrogen-bond acceptors (Lipinski definition) is 0. The number of nitrogens with zero attached hydrogens (tertiary/aromatic N) is 1. The Bertz CT molecular complexity index is 672. The van der Waals surface area contributed by atoms with Crippen molar-refractivity contribution < 1.29 is 4.57 Å². The zero-order valence-electron chi connectivity index (χ0n) is 19.6. The van der Waals surface area contributed by atoms with Crippen LogP contribution in [-0.2, 0) is 6.54 Å². The van der Waals surface area contributed by atoms with Crippen LogP contribution in [0, 0.1) is 13.8 Å². The van der Waals surface area contributed by atoms with E-state index in [1.165, 1.54) is 120 Å². The quantitative estimate of drug-likeness (QED) is 0.127. The molecule has 0 spiro atoms. The molecule has 0 aliphatic heterocycles. The van der Waals surface area contributed by atoms with E-state index < -0.39 is 0 Å². The summed E-state index contributed by atoms with van der Waals surface area (Å²) in [6.07, 6.45) is 23.1. The Morgan fingerprint density at radius 3 is 1.66 bits per heavy atom. The summed E-state index contributed by atoms with van der Waals surface area (Å²) >= 11 is 0.554. The fourth-order valence-corrected chi connectivity index (χ4v) is 6.56. The number of unbranched alkanes of at least 4 members (excludes halogenated alkanes) is 15. The molecule has 1 heterocycles. The molecule has 0 aliphatic rings. The van der Waals surface area contributed by atoms with E-state index in [4.69, 9.17) is 0 Å². The molecule has 0 fully saturated rings. The van der Waals surface area contributed by atoms with Crippen LogP contribution >= 0.6 is 0 Å². The second-order valence-electron chi connectivity index (χ2n) is 9.05. The van der Waals surface area contributed by atoms with Crippen LogP contribution in [-0.4, -0.2) is 14.5 Å². The molecule has 2 heteroatoms. The second-order valence-corrected chi connectivity index (χ2v) is 11.6. The maximum atomic E-state index is 2.60. The van der Waals surface area contributed by atoms with E-state index in [0.29, 0.717) is 14.5 Å². The summed E-state index contributed by atoms with van der Waals surface area (Å²) < 4.78 is 5.78. The van der Waals surface area contributed by atoms with Gasteiger partial charge in [-0.1, -0.05) is 51.9 Å². The number of fused-ring (bicyclic) bond motifs is 1. The molecule has 0 N–H and O–H groups in total. The summed E-state index contributed by atoms with van der Waals surface area (Å²) in [5.74, 6) is 0. The van der Waals surface area contributed by atoms with E-state index in [1.54, 1.807) is 8.83 Å². The van der Waals surface area contributed by atoms with Crippen molar-refractivity contribution in [3.8, 4) is 0 Å². The Morgan fingerprint density at radius 2 is 1.14 bits per heavy atom. The first-order chi connectivity index (χ1) is 14.2. The number of aryl methyl sites for hydroxylation is 3. The normalized spacial score (nSPS) is 11.6. The van der Waals surface area contributed by atoms with Crippen molar-refractivity contribution in [2.45, 2.75) is 130 Å². The van der Waals surface area contributed by atoms with Gasteiger partial charge in [-0.15, -0.1) is 0 Å². The van der Waals surface area contributed by atoms with Crippen LogP contribution in [0.25, 0.3) is 9.78 Å². The van der Waals surface area contributed by atoms with Crippen molar-refractivity contribution in [2.24, 2.45) is 0 Å². The van der Waals surface area contributed by atoms with Gasteiger partial charge in [0.2, 0.25) is 0 Å². The number of aromatic nitrogens is 1. The van der Waals surface area contributed by atoms with Crippen molar-refractivity contribution in [2.75, 3.05) is 0 Å². The first kappa shape index (κ1) is 24.7. The number of hydrogen-bond donors (Lipinski definition) is 0. The van der Waals surface area contributed by atoms with E-state index in [1.807, 2.05) is 0 Å². The van der Waals surface area contributed by atoms with Gasteiger partial charge in [0.25, 0.3) is 0 Å². The Labute approximate surface area is 187 Å². The molecule has 0 unspecified atom stereocenters. The standard InChI is InChI=1S/C27H46NSe/c1-4-5-6-7-8-9-10-11-12-13-14-15-16-17-18-19-22-28-25(3)29-27-21-20-24(2)23-26(27)28/h20-21,23H,4-19,22H2,1-3H3/q+1. The molecule has 0 amide bonds. The number of rotatable bonds is 17. The first-order valence-corrected chi connectivity index (χ1v) is 14.3. The molecular formula is C27H46NSe+. The van der Waals surface area contributed by atoms with Gasteiger partial charge in [-0.3, -0.25) is 0 Å². The Hall–Kier alpha value is -0.591. The fraction of sp³-hybridized carbons (Fsp3) is 0.741. The molecule has 164 valence electrons. The predicted octanol–water partition coefficient (Wildman–Crippen LogP) is 8.06. The molecule has 0 radical (unpaired) electrons. The summed E-state index contributed by atoms with van der Waals surface area (Å²) in [7, 11) is 0. The molecule has 0 saturated carbocycles. The van der Waals surface area contributed by atoms with Gasteiger partial charge < -0.3 is 0 Å². The van der Waals surface area contributed by atoms with Gasteiger partial charge in [-0.05, 0) is 0 Å². The van der Waals surface area contributed by atoms with Crippen LogP contribution < -0.4 is 4.57 Å². The van der Waals surface area contributed by atoms with Crippen LogP contribution in [0.2, 0.25) is 0 Å². The third-order valence-corrected chi connectivity index (χ3v) is 8.55. The third-order valence-electron chi connectivity index (χ3n) is 6.28. The van der Waals surface area contributed by atoms with Crippen LogP contribution in [0.5, 0.6) is 0 Å². The molecule has 2 aromatic rings. The molecule has 0 bridgehead atoms. The molecule has 1 aromatic carbocycles. The topological polar surface area (TPSA) is 3.88 Å². The minimum atomic E-state index is 0.554. The van der Waals surface area contributed by atoms with Gasteiger partial charge in [0.15, 0.2) is 0 Å². The first-order valence-electron chi connectivity index (χ1n) is 12.6. The second kappa shape index (κ2) is 15.2. The van der Waals surface area contributed by atoms with E-state index in [-0.39, 0.29) is 0 Å². The number of benzene rings is 1. The Kier molecular flexibility index (Phi) is 13.0. The van der Waals surface area contributed by atoms with Crippen LogP contribution in [0.1, 0.15) is 120 Å². The molecular weight excluding hydrogens is 417 g/mol. The molecule has 0 atom stereocenters. The summed E-state index contributed by atoms with van der Waals surface area (Å²) in [5, 5.41) is 0. The summed E-state index contributed by atoms with van der Waals surface area (Å²) in [6.45, 7) is 8.08. The average molecular weight is 464 g/mol. The Balaban J connectivity index is 1.42. The van der Waals surface area contributed by atoms with E-state index >= 15 is 0 Å². The average Bonchev–Trinajstić information content (AvgIpc) is 3.02. The molecule has 0 aliphatic carbocycles. The zero-order valence-corrected chi connectivity index (χ0v) is 21.3. The predicted molar refractivity (Wildman–Crippen MR) is 130 cm³/mol.